The van der Waals surface area contributed by atoms with Crippen molar-refractivity contribution in [3.05, 3.63) is 61.9 Å². The Balaban J connectivity index is 2.17. The summed E-state index contributed by atoms with van der Waals surface area (Å²) in [7, 11) is 0. The quantitative estimate of drug-likeness (QED) is 0.795. The van der Waals surface area contributed by atoms with E-state index in [2.05, 4.69) is 61.7 Å². The van der Waals surface area contributed by atoms with Crippen LogP contribution >= 0.6 is 38.5 Å². The van der Waals surface area contributed by atoms with Gasteiger partial charge in [-0.25, -0.2) is 0 Å². The van der Waals surface area contributed by atoms with Gasteiger partial charge in [-0.3, -0.25) is 4.98 Å². The Morgan fingerprint density at radius 1 is 1.29 bits per heavy atom. The summed E-state index contributed by atoms with van der Waals surface area (Å²) in [6.07, 6.45) is 4.44. The molecule has 2 rings (SSSR count). The number of hydrogen-bond acceptors (Lipinski definition) is 2. The van der Waals surface area contributed by atoms with Crippen molar-refractivity contribution in [1.82, 2.24) is 4.98 Å². The van der Waals surface area contributed by atoms with E-state index in [1.807, 2.05) is 18.3 Å². The van der Waals surface area contributed by atoms with Gasteiger partial charge in [0.2, 0.25) is 0 Å². The molecule has 0 amide bonds. The molecule has 0 spiro atoms. The minimum absolute atomic E-state index is 0.0131. The fourth-order valence-corrected chi connectivity index (χ4v) is 2.91. The standard InChI is InChI=1S/C13H12BrIN2/c14-10-5-9(7-17-8-10)6-13(16)11-3-1-2-4-12(11)15/h1-5,7-8,13H,6,16H2. The number of nitrogens with zero attached hydrogens (tertiary/aromatic N) is 1. The Bertz CT molecular complexity index is 516. The van der Waals surface area contributed by atoms with Crippen LogP contribution in [0.25, 0.3) is 0 Å². The highest BCUT2D eigenvalue weighted by atomic mass is 127. The van der Waals surface area contributed by atoms with Gasteiger partial charge in [-0.05, 0) is 68.2 Å². The molecule has 0 aliphatic carbocycles. The molecular weight excluding hydrogens is 391 g/mol. The molecule has 1 aromatic carbocycles. The van der Waals surface area contributed by atoms with E-state index in [4.69, 9.17) is 5.73 Å². The molecule has 0 saturated carbocycles. The molecule has 0 radical (unpaired) electrons. The molecule has 88 valence electrons. The van der Waals surface area contributed by atoms with Crippen molar-refractivity contribution in [1.29, 1.82) is 0 Å². The fourth-order valence-electron chi connectivity index (χ4n) is 1.71. The predicted molar refractivity (Wildman–Crippen MR) is 81.7 cm³/mol. The SMILES string of the molecule is NC(Cc1cncc(Br)c1)c1ccccc1I. The molecule has 2 N–H and O–H groups in total. The van der Waals surface area contributed by atoms with Gasteiger partial charge in [-0.2, -0.15) is 0 Å². The summed E-state index contributed by atoms with van der Waals surface area (Å²) in [6.45, 7) is 0. The summed E-state index contributed by atoms with van der Waals surface area (Å²) in [5.74, 6) is 0. The summed E-state index contributed by atoms with van der Waals surface area (Å²) in [5.41, 5.74) is 8.56. The van der Waals surface area contributed by atoms with Crippen LogP contribution in [-0.4, -0.2) is 4.98 Å². The number of rotatable bonds is 3. The lowest BCUT2D eigenvalue weighted by Gasteiger charge is -2.13. The maximum absolute atomic E-state index is 6.23. The first-order valence-electron chi connectivity index (χ1n) is 5.26. The van der Waals surface area contributed by atoms with E-state index >= 15 is 0 Å². The van der Waals surface area contributed by atoms with Gasteiger partial charge in [0.1, 0.15) is 0 Å². The summed E-state index contributed by atoms with van der Waals surface area (Å²) in [5, 5.41) is 0. The van der Waals surface area contributed by atoms with E-state index in [1.165, 1.54) is 9.13 Å². The molecule has 0 aliphatic heterocycles. The van der Waals surface area contributed by atoms with Crippen LogP contribution in [0.5, 0.6) is 0 Å². The highest BCUT2D eigenvalue weighted by Gasteiger charge is 2.10. The Labute approximate surface area is 123 Å². The Morgan fingerprint density at radius 2 is 2.06 bits per heavy atom. The number of halogens is 2. The second-order valence-electron chi connectivity index (χ2n) is 3.84. The number of nitrogens with two attached hydrogens (primary N) is 1. The largest absolute Gasteiger partial charge is 0.324 e. The third kappa shape index (κ3) is 3.50. The average Bonchev–Trinajstić information content (AvgIpc) is 2.29. The van der Waals surface area contributed by atoms with Gasteiger partial charge in [0.15, 0.2) is 0 Å². The summed E-state index contributed by atoms with van der Waals surface area (Å²) >= 11 is 5.74. The molecule has 1 aromatic heterocycles. The van der Waals surface area contributed by atoms with Crippen molar-refractivity contribution in [2.24, 2.45) is 5.73 Å². The monoisotopic (exact) mass is 402 g/mol. The van der Waals surface area contributed by atoms with Crippen LogP contribution in [0.1, 0.15) is 17.2 Å². The number of hydrogen-bond donors (Lipinski definition) is 1. The zero-order valence-corrected chi connectivity index (χ0v) is 12.8. The summed E-state index contributed by atoms with van der Waals surface area (Å²) in [6, 6.07) is 10.3. The van der Waals surface area contributed by atoms with Gasteiger partial charge in [-0.15, -0.1) is 0 Å². The van der Waals surface area contributed by atoms with Crippen LogP contribution in [0.4, 0.5) is 0 Å². The molecule has 0 saturated heterocycles. The van der Waals surface area contributed by atoms with E-state index in [9.17, 15) is 0 Å². The molecule has 1 unspecified atom stereocenters. The molecule has 0 fully saturated rings. The third-order valence-electron chi connectivity index (χ3n) is 2.52. The second-order valence-corrected chi connectivity index (χ2v) is 5.92. The Kier molecular flexibility index (Phi) is 4.53. The molecule has 17 heavy (non-hydrogen) atoms. The van der Waals surface area contributed by atoms with E-state index in [0.717, 1.165) is 16.5 Å². The van der Waals surface area contributed by atoms with E-state index in [-0.39, 0.29) is 6.04 Å². The Hall–Kier alpha value is -0.460. The first-order valence-corrected chi connectivity index (χ1v) is 7.13. The van der Waals surface area contributed by atoms with Crippen LogP contribution in [0.2, 0.25) is 0 Å². The highest BCUT2D eigenvalue weighted by Crippen LogP contribution is 2.22. The van der Waals surface area contributed by atoms with Gasteiger partial charge in [0.25, 0.3) is 0 Å². The lowest BCUT2D eigenvalue weighted by molar-refractivity contribution is 0.715. The van der Waals surface area contributed by atoms with Gasteiger partial charge in [-0.1, -0.05) is 18.2 Å². The van der Waals surface area contributed by atoms with Gasteiger partial charge in [0, 0.05) is 26.5 Å². The number of pyridine rings is 1. The highest BCUT2D eigenvalue weighted by molar-refractivity contribution is 14.1. The van der Waals surface area contributed by atoms with Crippen molar-refractivity contribution >= 4 is 38.5 Å². The van der Waals surface area contributed by atoms with Crippen LogP contribution < -0.4 is 5.73 Å². The van der Waals surface area contributed by atoms with Gasteiger partial charge < -0.3 is 5.73 Å². The average molecular weight is 403 g/mol. The second kappa shape index (κ2) is 5.93. The lowest BCUT2D eigenvalue weighted by Crippen LogP contribution is -2.14. The van der Waals surface area contributed by atoms with Crippen LogP contribution in [-0.2, 0) is 6.42 Å². The lowest BCUT2D eigenvalue weighted by atomic mass is 10.0. The normalized spacial score (nSPS) is 12.4. The molecule has 2 nitrogen and oxygen atoms in total. The first-order chi connectivity index (χ1) is 8.16. The molecule has 1 heterocycles. The Morgan fingerprint density at radius 3 is 2.76 bits per heavy atom. The molecule has 0 aliphatic rings. The smallest absolute Gasteiger partial charge is 0.0410 e. The topological polar surface area (TPSA) is 38.9 Å². The van der Waals surface area contributed by atoms with E-state index in [1.54, 1.807) is 6.20 Å². The molecule has 1 atom stereocenters. The zero-order valence-electron chi connectivity index (χ0n) is 9.11. The van der Waals surface area contributed by atoms with Crippen molar-refractivity contribution < 1.29 is 0 Å². The van der Waals surface area contributed by atoms with Gasteiger partial charge in [0.05, 0.1) is 0 Å². The molecular formula is C13H12BrIN2. The molecule has 2 aromatic rings. The van der Waals surface area contributed by atoms with Crippen LogP contribution in [0.15, 0.2) is 47.2 Å². The predicted octanol–water partition coefficient (Wildman–Crippen LogP) is 3.69. The zero-order chi connectivity index (χ0) is 12.3. The number of aromatic nitrogens is 1. The molecule has 0 bridgehead atoms. The van der Waals surface area contributed by atoms with Crippen molar-refractivity contribution in [3.8, 4) is 0 Å². The van der Waals surface area contributed by atoms with E-state index in [0.29, 0.717) is 0 Å². The third-order valence-corrected chi connectivity index (χ3v) is 3.94. The minimum Gasteiger partial charge on any atom is -0.324 e. The molecule has 4 heteroatoms. The maximum atomic E-state index is 6.23. The fraction of sp³-hybridized carbons (Fsp3) is 0.154. The van der Waals surface area contributed by atoms with Crippen LogP contribution in [0, 0.1) is 3.57 Å². The van der Waals surface area contributed by atoms with Crippen molar-refractivity contribution in [2.45, 2.75) is 12.5 Å². The maximum Gasteiger partial charge on any atom is 0.0410 e. The summed E-state index contributed by atoms with van der Waals surface area (Å²) < 4.78 is 2.20. The van der Waals surface area contributed by atoms with Crippen molar-refractivity contribution in [3.63, 3.8) is 0 Å². The minimum atomic E-state index is 0.0131. The summed E-state index contributed by atoms with van der Waals surface area (Å²) in [4.78, 5) is 4.15. The van der Waals surface area contributed by atoms with Crippen LogP contribution in [0.3, 0.4) is 0 Å². The van der Waals surface area contributed by atoms with Gasteiger partial charge >= 0.3 is 0 Å². The van der Waals surface area contributed by atoms with E-state index < -0.39 is 0 Å². The first kappa shape index (κ1) is 13.0. The number of benzene rings is 1. The van der Waals surface area contributed by atoms with Crippen molar-refractivity contribution in [2.75, 3.05) is 0 Å².